The third kappa shape index (κ3) is 6.10. The molecule has 0 aliphatic carbocycles. The average molecular weight is 482 g/mol. The highest BCUT2D eigenvalue weighted by molar-refractivity contribution is 7.92. The number of hydrogen-bond donors (Lipinski definition) is 4. The van der Waals surface area contributed by atoms with Gasteiger partial charge in [0.1, 0.15) is 12.6 Å². The van der Waals surface area contributed by atoms with Crippen LogP contribution in [0.2, 0.25) is 0 Å². The molecule has 4 N–H and O–H groups in total. The second-order valence-corrected chi connectivity index (χ2v) is 11.1. The third-order valence-corrected chi connectivity index (χ3v) is 8.87. The van der Waals surface area contributed by atoms with Gasteiger partial charge in [0.2, 0.25) is 5.91 Å². The number of amides is 1. The Hall–Kier alpha value is -2.50. The highest BCUT2D eigenvalue weighted by Crippen LogP contribution is 2.27. The van der Waals surface area contributed by atoms with Crippen molar-refractivity contribution in [3.8, 4) is 0 Å². The van der Waals surface area contributed by atoms with Gasteiger partial charge in [-0.05, 0) is 63.2 Å². The number of nitrogens with zero attached hydrogens (tertiary/aromatic N) is 1. The van der Waals surface area contributed by atoms with Crippen LogP contribution < -0.4 is 15.5 Å². The second-order valence-electron chi connectivity index (χ2n) is 8.72. The molecular weight excluding hydrogens is 450 g/mol. The number of piperidine rings is 1. The molecule has 2 aliphatic rings. The highest BCUT2D eigenvalue weighted by atomic mass is 32.2. The minimum absolute atomic E-state index is 0.0502. The predicted octanol–water partition coefficient (Wildman–Crippen LogP) is 0.265. The SMILES string of the molecule is CC(C1CCNCC1)S(=O)(=O)CC(NC1CCc2ccccc2N(CC(=O)O)C1=O)C(=O)O. The summed E-state index contributed by atoms with van der Waals surface area (Å²) in [6.45, 7) is 2.49. The summed E-state index contributed by atoms with van der Waals surface area (Å²) < 4.78 is 26.1. The number of aliphatic carboxylic acids is 2. The van der Waals surface area contributed by atoms with Crippen LogP contribution in [-0.2, 0) is 30.6 Å². The van der Waals surface area contributed by atoms with Crippen molar-refractivity contribution in [3.05, 3.63) is 29.8 Å². The van der Waals surface area contributed by atoms with Crippen molar-refractivity contribution in [2.45, 2.75) is 49.9 Å². The molecule has 0 saturated carbocycles. The van der Waals surface area contributed by atoms with Gasteiger partial charge < -0.3 is 15.5 Å². The number of sulfone groups is 1. The summed E-state index contributed by atoms with van der Waals surface area (Å²) in [4.78, 5) is 37.7. The number of hydrogen-bond acceptors (Lipinski definition) is 7. The molecule has 33 heavy (non-hydrogen) atoms. The van der Waals surface area contributed by atoms with E-state index in [1.807, 2.05) is 0 Å². The Bertz CT molecular complexity index is 991. The Kier molecular flexibility index (Phi) is 8.09. The smallest absolute Gasteiger partial charge is 0.323 e. The Morgan fingerprint density at radius 3 is 2.48 bits per heavy atom. The Morgan fingerprint density at radius 1 is 1.18 bits per heavy atom. The number of carbonyl (C=O) groups excluding carboxylic acids is 1. The standard InChI is InChI=1S/C22H31N3O7S/c1-14(15-8-10-23-11-9-15)33(31,32)13-18(22(29)30)24-17-7-6-16-4-2-3-5-19(16)25(21(17)28)12-20(26)27/h2-5,14-15,17-18,23-24H,6-13H2,1H3,(H,26,27)(H,29,30). The van der Waals surface area contributed by atoms with Crippen LogP contribution in [0, 0.1) is 5.92 Å². The number of aryl methyl sites for hydroxylation is 1. The lowest BCUT2D eigenvalue weighted by Gasteiger charge is -2.30. The minimum Gasteiger partial charge on any atom is -0.480 e. The maximum atomic E-state index is 13.2. The highest BCUT2D eigenvalue weighted by Gasteiger charge is 2.38. The summed E-state index contributed by atoms with van der Waals surface area (Å²) in [6.07, 6.45) is 2.05. The first kappa shape index (κ1) is 25.1. The van der Waals surface area contributed by atoms with E-state index in [9.17, 15) is 33.0 Å². The van der Waals surface area contributed by atoms with Crippen molar-refractivity contribution >= 4 is 33.4 Å². The zero-order valence-electron chi connectivity index (χ0n) is 18.6. The van der Waals surface area contributed by atoms with E-state index in [0.29, 0.717) is 24.9 Å². The molecule has 11 heteroatoms. The Balaban J connectivity index is 1.79. The van der Waals surface area contributed by atoms with Crippen LogP contribution in [0.3, 0.4) is 0 Å². The number of carbonyl (C=O) groups is 3. The average Bonchev–Trinajstić information content (AvgIpc) is 2.90. The van der Waals surface area contributed by atoms with Gasteiger partial charge in [-0.25, -0.2) is 8.42 Å². The molecule has 0 aromatic heterocycles. The van der Waals surface area contributed by atoms with Crippen LogP contribution in [0.1, 0.15) is 31.7 Å². The first-order chi connectivity index (χ1) is 15.6. The zero-order chi connectivity index (χ0) is 24.2. The number of anilines is 1. The van der Waals surface area contributed by atoms with E-state index in [1.54, 1.807) is 31.2 Å². The largest absolute Gasteiger partial charge is 0.480 e. The fourth-order valence-electron chi connectivity index (χ4n) is 4.59. The van der Waals surface area contributed by atoms with Gasteiger partial charge in [0.15, 0.2) is 9.84 Å². The molecule has 0 bridgehead atoms. The van der Waals surface area contributed by atoms with Crippen LogP contribution in [0.4, 0.5) is 5.69 Å². The van der Waals surface area contributed by atoms with E-state index in [1.165, 1.54) is 0 Å². The van der Waals surface area contributed by atoms with Gasteiger partial charge in [-0.3, -0.25) is 24.6 Å². The molecule has 2 heterocycles. The molecule has 0 radical (unpaired) electrons. The van der Waals surface area contributed by atoms with Crippen molar-refractivity contribution in [1.29, 1.82) is 0 Å². The van der Waals surface area contributed by atoms with Crippen molar-refractivity contribution in [3.63, 3.8) is 0 Å². The molecule has 1 aromatic carbocycles. The van der Waals surface area contributed by atoms with Crippen LogP contribution in [0.15, 0.2) is 24.3 Å². The summed E-state index contributed by atoms with van der Waals surface area (Å²) >= 11 is 0. The van der Waals surface area contributed by atoms with E-state index in [2.05, 4.69) is 10.6 Å². The van der Waals surface area contributed by atoms with Crippen molar-refractivity contribution in [2.24, 2.45) is 5.92 Å². The molecule has 1 amide bonds. The summed E-state index contributed by atoms with van der Waals surface area (Å²) in [5, 5.41) is 24.3. The van der Waals surface area contributed by atoms with Gasteiger partial charge >= 0.3 is 11.9 Å². The minimum atomic E-state index is -3.76. The van der Waals surface area contributed by atoms with Gasteiger partial charge in [-0.15, -0.1) is 0 Å². The molecule has 0 spiro atoms. The van der Waals surface area contributed by atoms with Gasteiger partial charge in [0, 0.05) is 5.69 Å². The lowest BCUT2D eigenvalue weighted by atomic mass is 9.95. The maximum Gasteiger partial charge on any atom is 0.323 e. The van der Waals surface area contributed by atoms with Crippen LogP contribution in [0.5, 0.6) is 0 Å². The Labute approximate surface area is 193 Å². The van der Waals surface area contributed by atoms with Gasteiger partial charge in [0.25, 0.3) is 0 Å². The molecule has 3 rings (SSSR count). The van der Waals surface area contributed by atoms with E-state index >= 15 is 0 Å². The summed E-state index contributed by atoms with van der Waals surface area (Å²) in [7, 11) is -3.76. The fraction of sp³-hybridized carbons (Fsp3) is 0.591. The zero-order valence-corrected chi connectivity index (χ0v) is 19.4. The van der Waals surface area contributed by atoms with E-state index < -0.39 is 57.3 Å². The van der Waals surface area contributed by atoms with E-state index in [-0.39, 0.29) is 12.3 Å². The fourth-order valence-corrected chi connectivity index (χ4v) is 6.46. The number of nitrogens with one attached hydrogen (secondary N) is 2. The molecule has 10 nitrogen and oxygen atoms in total. The molecule has 182 valence electrons. The normalized spacial score (nSPS) is 21.7. The van der Waals surface area contributed by atoms with Crippen molar-refractivity contribution in [2.75, 3.05) is 30.3 Å². The second kappa shape index (κ2) is 10.6. The van der Waals surface area contributed by atoms with E-state index in [4.69, 9.17) is 0 Å². The monoisotopic (exact) mass is 481 g/mol. The summed E-state index contributed by atoms with van der Waals surface area (Å²) in [6, 6.07) is 4.41. The number of carboxylic acid groups (broad SMARTS) is 2. The lowest BCUT2D eigenvalue weighted by Crippen LogP contribution is -2.55. The van der Waals surface area contributed by atoms with E-state index in [0.717, 1.165) is 23.6 Å². The maximum absolute atomic E-state index is 13.2. The predicted molar refractivity (Wildman–Crippen MR) is 122 cm³/mol. The molecule has 1 aromatic rings. The van der Waals surface area contributed by atoms with Crippen molar-refractivity contribution < 1.29 is 33.0 Å². The number of carboxylic acids is 2. The molecule has 1 fully saturated rings. The van der Waals surface area contributed by atoms with Gasteiger partial charge in [0.05, 0.1) is 17.0 Å². The van der Waals surface area contributed by atoms with Gasteiger partial charge in [-0.1, -0.05) is 18.2 Å². The number of para-hydroxylation sites is 1. The lowest BCUT2D eigenvalue weighted by molar-refractivity contribution is -0.140. The molecule has 1 saturated heterocycles. The number of fused-ring (bicyclic) bond motifs is 1. The summed E-state index contributed by atoms with van der Waals surface area (Å²) in [5.41, 5.74) is 1.24. The third-order valence-electron chi connectivity index (χ3n) is 6.56. The van der Waals surface area contributed by atoms with Crippen molar-refractivity contribution in [1.82, 2.24) is 10.6 Å². The van der Waals surface area contributed by atoms with Crippen LogP contribution in [-0.4, -0.2) is 79.2 Å². The number of benzene rings is 1. The number of rotatable bonds is 9. The van der Waals surface area contributed by atoms with Crippen LogP contribution in [0.25, 0.3) is 0 Å². The van der Waals surface area contributed by atoms with Gasteiger partial charge in [-0.2, -0.15) is 0 Å². The van der Waals surface area contributed by atoms with Crippen LogP contribution >= 0.6 is 0 Å². The molecular formula is C22H31N3O7S. The molecule has 3 unspecified atom stereocenters. The first-order valence-corrected chi connectivity index (χ1v) is 12.8. The molecule has 2 aliphatic heterocycles. The molecule has 3 atom stereocenters. The quantitative estimate of drug-likeness (QED) is 0.389. The summed E-state index contributed by atoms with van der Waals surface area (Å²) in [5.74, 6) is -3.84. The Morgan fingerprint density at radius 2 is 1.85 bits per heavy atom. The first-order valence-electron chi connectivity index (χ1n) is 11.1. The topological polar surface area (TPSA) is 153 Å².